The Morgan fingerprint density at radius 3 is 2.55 bits per heavy atom. The molecule has 1 saturated carbocycles. The number of ether oxygens (including phenoxy) is 1. The Hall–Kier alpha value is -1.06. The lowest BCUT2D eigenvalue weighted by Gasteiger charge is -2.33. The minimum absolute atomic E-state index is 0.271. The Morgan fingerprint density at radius 2 is 2.00 bits per heavy atom. The molecule has 3 nitrogen and oxygen atoms in total. The fourth-order valence-corrected chi connectivity index (χ4v) is 2.84. The van der Waals surface area contributed by atoms with Gasteiger partial charge in [0.25, 0.3) is 0 Å². The molecule has 2 rings (SSSR count). The van der Waals surface area contributed by atoms with Gasteiger partial charge >= 0.3 is 0 Å². The standard InChI is InChI=1S/C17H28N2O/c1-4-20-17-8-6-5-7-15(17)16(11-18)19(12-13(2)3)14-9-10-14/h5-8,13-14,16H,4,9-12,18H2,1-3H3. The Kier molecular flexibility index (Phi) is 5.44. The van der Waals surface area contributed by atoms with Crippen molar-refractivity contribution in [2.24, 2.45) is 11.7 Å². The molecule has 112 valence electrons. The van der Waals surface area contributed by atoms with Crippen LogP contribution in [-0.4, -0.2) is 30.6 Å². The second-order valence-corrected chi connectivity index (χ2v) is 6.04. The van der Waals surface area contributed by atoms with Gasteiger partial charge in [-0.15, -0.1) is 0 Å². The molecule has 1 aromatic carbocycles. The predicted molar refractivity (Wildman–Crippen MR) is 84.0 cm³/mol. The highest BCUT2D eigenvalue weighted by Gasteiger charge is 2.35. The quantitative estimate of drug-likeness (QED) is 0.792. The molecule has 0 bridgehead atoms. The molecule has 0 aromatic heterocycles. The van der Waals surface area contributed by atoms with Gasteiger partial charge < -0.3 is 10.5 Å². The summed E-state index contributed by atoms with van der Waals surface area (Å²) in [7, 11) is 0. The van der Waals surface area contributed by atoms with E-state index < -0.39 is 0 Å². The van der Waals surface area contributed by atoms with Crippen molar-refractivity contribution in [2.75, 3.05) is 19.7 Å². The van der Waals surface area contributed by atoms with Gasteiger partial charge in [-0.3, -0.25) is 4.90 Å². The molecule has 20 heavy (non-hydrogen) atoms. The summed E-state index contributed by atoms with van der Waals surface area (Å²) in [6.07, 6.45) is 2.61. The zero-order valence-corrected chi connectivity index (χ0v) is 13.0. The molecule has 0 amide bonds. The van der Waals surface area contributed by atoms with Crippen molar-refractivity contribution in [2.45, 2.75) is 45.7 Å². The predicted octanol–water partition coefficient (Wildman–Crippen LogP) is 3.21. The van der Waals surface area contributed by atoms with Crippen LogP contribution in [0.25, 0.3) is 0 Å². The number of benzene rings is 1. The van der Waals surface area contributed by atoms with Gasteiger partial charge in [0.2, 0.25) is 0 Å². The van der Waals surface area contributed by atoms with Gasteiger partial charge in [0.1, 0.15) is 5.75 Å². The van der Waals surface area contributed by atoms with E-state index in [0.29, 0.717) is 25.1 Å². The van der Waals surface area contributed by atoms with Crippen LogP contribution < -0.4 is 10.5 Å². The van der Waals surface area contributed by atoms with Crippen LogP contribution in [0.15, 0.2) is 24.3 Å². The monoisotopic (exact) mass is 276 g/mol. The van der Waals surface area contributed by atoms with Gasteiger partial charge in [0, 0.05) is 24.7 Å². The molecule has 0 spiro atoms. The van der Waals surface area contributed by atoms with Crippen molar-refractivity contribution in [3.05, 3.63) is 29.8 Å². The molecule has 1 aromatic rings. The van der Waals surface area contributed by atoms with Crippen molar-refractivity contribution in [1.29, 1.82) is 0 Å². The molecular weight excluding hydrogens is 248 g/mol. The SMILES string of the molecule is CCOc1ccccc1C(CN)N(CC(C)C)C1CC1. The summed E-state index contributed by atoms with van der Waals surface area (Å²) in [4.78, 5) is 2.59. The third kappa shape index (κ3) is 3.74. The number of nitrogens with zero attached hydrogens (tertiary/aromatic N) is 1. The fourth-order valence-electron chi connectivity index (χ4n) is 2.84. The molecule has 0 aliphatic heterocycles. The van der Waals surface area contributed by atoms with E-state index in [1.165, 1.54) is 18.4 Å². The van der Waals surface area contributed by atoms with Gasteiger partial charge in [-0.2, -0.15) is 0 Å². The highest BCUT2D eigenvalue weighted by molar-refractivity contribution is 5.36. The van der Waals surface area contributed by atoms with E-state index in [-0.39, 0.29) is 6.04 Å². The molecule has 1 unspecified atom stereocenters. The number of hydrogen-bond acceptors (Lipinski definition) is 3. The Morgan fingerprint density at radius 1 is 1.30 bits per heavy atom. The van der Waals surface area contributed by atoms with Crippen molar-refractivity contribution >= 4 is 0 Å². The van der Waals surface area contributed by atoms with Gasteiger partial charge in [-0.1, -0.05) is 32.0 Å². The van der Waals surface area contributed by atoms with Gasteiger partial charge in [-0.25, -0.2) is 0 Å². The molecule has 3 heteroatoms. The average Bonchev–Trinajstić information content (AvgIpc) is 3.24. The van der Waals surface area contributed by atoms with Crippen LogP contribution in [0.3, 0.4) is 0 Å². The van der Waals surface area contributed by atoms with Crippen LogP contribution in [0.5, 0.6) is 5.75 Å². The topological polar surface area (TPSA) is 38.5 Å². The third-order valence-corrected chi connectivity index (χ3v) is 3.79. The molecule has 1 fully saturated rings. The van der Waals surface area contributed by atoms with E-state index in [2.05, 4.69) is 36.9 Å². The summed E-state index contributed by atoms with van der Waals surface area (Å²) in [6, 6.07) is 9.32. The van der Waals surface area contributed by atoms with E-state index in [1.54, 1.807) is 0 Å². The third-order valence-electron chi connectivity index (χ3n) is 3.79. The maximum Gasteiger partial charge on any atom is 0.124 e. The van der Waals surface area contributed by atoms with Crippen molar-refractivity contribution in [3.63, 3.8) is 0 Å². The smallest absolute Gasteiger partial charge is 0.124 e. The van der Waals surface area contributed by atoms with Crippen molar-refractivity contribution < 1.29 is 4.74 Å². The molecule has 0 heterocycles. The first-order chi connectivity index (χ1) is 9.67. The first-order valence-electron chi connectivity index (χ1n) is 7.84. The summed E-state index contributed by atoms with van der Waals surface area (Å²) < 4.78 is 5.79. The van der Waals surface area contributed by atoms with Crippen molar-refractivity contribution in [1.82, 2.24) is 4.90 Å². The molecule has 1 aliphatic rings. The van der Waals surface area contributed by atoms with Crippen molar-refractivity contribution in [3.8, 4) is 5.75 Å². The lowest BCUT2D eigenvalue weighted by atomic mass is 10.0. The lowest BCUT2D eigenvalue weighted by molar-refractivity contribution is 0.166. The van der Waals surface area contributed by atoms with Crippen LogP contribution in [0.4, 0.5) is 0 Å². The lowest BCUT2D eigenvalue weighted by Crippen LogP contribution is -2.38. The molecule has 2 N–H and O–H groups in total. The Bertz CT molecular complexity index is 415. The van der Waals surface area contributed by atoms with Crippen LogP contribution in [0, 0.1) is 5.92 Å². The van der Waals surface area contributed by atoms with E-state index in [9.17, 15) is 0 Å². The minimum atomic E-state index is 0.271. The van der Waals surface area contributed by atoms with E-state index in [1.807, 2.05) is 13.0 Å². The van der Waals surface area contributed by atoms with Crippen LogP contribution in [0.1, 0.15) is 45.2 Å². The van der Waals surface area contributed by atoms with Gasteiger partial charge in [0.15, 0.2) is 0 Å². The largest absolute Gasteiger partial charge is 0.494 e. The van der Waals surface area contributed by atoms with Gasteiger partial charge in [-0.05, 0) is 31.7 Å². The zero-order valence-electron chi connectivity index (χ0n) is 13.0. The number of nitrogens with two attached hydrogens (primary N) is 1. The van der Waals surface area contributed by atoms with E-state index in [0.717, 1.165) is 12.3 Å². The fraction of sp³-hybridized carbons (Fsp3) is 0.647. The Labute approximate surface area is 123 Å². The maximum absolute atomic E-state index is 6.11. The molecular formula is C17H28N2O. The molecule has 1 atom stereocenters. The van der Waals surface area contributed by atoms with E-state index >= 15 is 0 Å². The van der Waals surface area contributed by atoms with Gasteiger partial charge in [0.05, 0.1) is 12.6 Å². The summed E-state index contributed by atoms with van der Waals surface area (Å²) >= 11 is 0. The summed E-state index contributed by atoms with van der Waals surface area (Å²) in [5.74, 6) is 1.64. The normalized spacial score (nSPS) is 16.7. The second-order valence-electron chi connectivity index (χ2n) is 6.04. The zero-order chi connectivity index (χ0) is 14.5. The number of para-hydroxylation sites is 1. The summed E-state index contributed by atoms with van der Waals surface area (Å²) in [5, 5.41) is 0. The first-order valence-corrected chi connectivity index (χ1v) is 7.84. The maximum atomic E-state index is 6.11. The summed E-state index contributed by atoms with van der Waals surface area (Å²) in [6.45, 7) is 9.03. The second kappa shape index (κ2) is 7.09. The summed E-state index contributed by atoms with van der Waals surface area (Å²) in [5.41, 5.74) is 7.35. The van der Waals surface area contributed by atoms with Crippen LogP contribution in [0.2, 0.25) is 0 Å². The first kappa shape index (κ1) is 15.3. The number of rotatable bonds is 8. The van der Waals surface area contributed by atoms with Crippen LogP contribution >= 0.6 is 0 Å². The minimum Gasteiger partial charge on any atom is -0.494 e. The molecule has 1 aliphatic carbocycles. The average molecular weight is 276 g/mol. The van der Waals surface area contributed by atoms with Crippen LogP contribution in [-0.2, 0) is 0 Å². The molecule has 0 radical (unpaired) electrons. The van der Waals surface area contributed by atoms with E-state index in [4.69, 9.17) is 10.5 Å². The molecule has 0 saturated heterocycles. The highest BCUT2D eigenvalue weighted by Crippen LogP contribution is 2.37. The Balaban J connectivity index is 2.25. The highest BCUT2D eigenvalue weighted by atomic mass is 16.5. The number of hydrogen-bond donors (Lipinski definition) is 1.